The van der Waals surface area contributed by atoms with Gasteiger partial charge in [0.1, 0.15) is 0 Å². The van der Waals surface area contributed by atoms with Crippen LogP contribution in [0.3, 0.4) is 0 Å². The van der Waals surface area contributed by atoms with Crippen molar-refractivity contribution in [1.82, 2.24) is 25.0 Å². The smallest absolute Gasteiger partial charge is 0.291 e. The number of likely N-dealkylation sites (N-methyl/N-ethyl adjacent to an activating group) is 1. The number of hydrogen-bond donors (Lipinski definition) is 2. The van der Waals surface area contributed by atoms with Crippen LogP contribution in [0.15, 0.2) is 0 Å². The number of carbonyl (C=O) groups is 1. The normalized spacial score (nSPS) is 17.7. The summed E-state index contributed by atoms with van der Waals surface area (Å²) in [7, 11) is 0. The summed E-state index contributed by atoms with van der Waals surface area (Å²) < 4.78 is 0. The van der Waals surface area contributed by atoms with Gasteiger partial charge in [-0.2, -0.15) is 4.98 Å². The highest BCUT2D eigenvalue weighted by Gasteiger charge is 2.23. The predicted octanol–water partition coefficient (Wildman–Crippen LogP) is -0.835. The molecule has 7 heteroatoms. The zero-order valence-corrected chi connectivity index (χ0v) is 9.31. The number of rotatable bonds is 2. The van der Waals surface area contributed by atoms with Crippen molar-refractivity contribution in [2.75, 3.05) is 38.5 Å². The van der Waals surface area contributed by atoms with Gasteiger partial charge in [-0.1, -0.05) is 6.92 Å². The predicted molar refractivity (Wildman–Crippen MR) is 58.8 cm³/mol. The van der Waals surface area contributed by atoms with Crippen molar-refractivity contribution in [1.29, 1.82) is 0 Å². The van der Waals surface area contributed by atoms with Gasteiger partial charge in [0.2, 0.25) is 11.8 Å². The highest BCUT2D eigenvalue weighted by molar-refractivity contribution is 5.90. The van der Waals surface area contributed by atoms with Gasteiger partial charge in [0.05, 0.1) is 0 Å². The first-order valence-corrected chi connectivity index (χ1v) is 5.40. The van der Waals surface area contributed by atoms with E-state index in [0.29, 0.717) is 0 Å². The highest BCUT2D eigenvalue weighted by Crippen LogP contribution is 2.05. The van der Waals surface area contributed by atoms with E-state index in [1.807, 2.05) is 0 Å². The van der Waals surface area contributed by atoms with E-state index in [9.17, 15) is 4.79 Å². The molecule has 2 heterocycles. The Morgan fingerprint density at radius 3 is 2.62 bits per heavy atom. The standard InChI is InChI=1S/C9H16N6O/c1-2-14-3-5-15(6-4-14)8(16)7-11-9(10)13-12-7/h2-6H2,1H3,(H3,10,11,12,13). The number of nitrogen functional groups attached to an aromatic ring is 1. The van der Waals surface area contributed by atoms with Crippen LogP contribution in [0, 0.1) is 0 Å². The molecule has 1 aliphatic rings. The van der Waals surface area contributed by atoms with Crippen LogP contribution in [0.2, 0.25) is 0 Å². The van der Waals surface area contributed by atoms with Crippen LogP contribution < -0.4 is 5.73 Å². The summed E-state index contributed by atoms with van der Waals surface area (Å²) in [5.74, 6) is 0.206. The Hall–Kier alpha value is -1.63. The topological polar surface area (TPSA) is 91.1 Å². The van der Waals surface area contributed by atoms with E-state index in [1.54, 1.807) is 4.90 Å². The summed E-state index contributed by atoms with van der Waals surface area (Å²) in [6, 6.07) is 0. The van der Waals surface area contributed by atoms with E-state index in [-0.39, 0.29) is 17.7 Å². The fourth-order valence-electron chi connectivity index (χ4n) is 1.79. The molecule has 3 N–H and O–H groups in total. The van der Waals surface area contributed by atoms with Crippen LogP contribution in [-0.2, 0) is 0 Å². The van der Waals surface area contributed by atoms with Gasteiger partial charge in [-0.05, 0) is 6.54 Å². The number of anilines is 1. The molecule has 0 radical (unpaired) electrons. The van der Waals surface area contributed by atoms with Gasteiger partial charge in [0, 0.05) is 26.2 Å². The molecule has 1 aromatic heterocycles. The minimum atomic E-state index is -0.125. The number of hydrogen-bond acceptors (Lipinski definition) is 5. The average molecular weight is 224 g/mol. The molecule has 0 bridgehead atoms. The summed E-state index contributed by atoms with van der Waals surface area (Å²) in [5.41, 5.74) is 5.36. The maximum absolute atomic E-state index is 11.9. The SMILES string of the molecule is CCN1CCN(C(=O)c2nc(N)n[nH]2)CC1. The lowest BCUT2D eigenvalue weighted by Crippen LogP contribution is -2.48. The molecule has 1 aromatic rings. The number of carbonyl (C=O) groups excluding carboxylic acids is 1. The van der Waals surface area contributed by atoms with Crippen molar-refractivity contribution < 1.29 is 4.79 Å². The molecule has 0 aliphatic carbocycles. The third kappa shape index (κ3) is 2.13. The molecule has 16 heavy (non-hydrogen) atoms. The highest BCUT2D eigenvalue weighted by atomic mass is 16.2. The van der Waals surface area contributed by atoms with Gasteiger partial charge in [0.25, 0.3) is 5.91 Å². The third-order valence-corrected chi connectivity index (χ3v) is 2.81. The minimum absolute atomic E-state index is 0.107. The Kier molecular flexibility index (Phi) is 3.04. The lowest BCUT2D eigenvalue weighted by Gasteiger charge is -2.33. The molecule has 1 amide bonds. The number of aromatic nitrogens is 3. The monoisotopic (exact) mass is 224 g/mol. The average Bonchev–Trinajstić information content (AvgIpc) is 2.75. The van der Waals surface area contributed by atoms with E-state index < -0.39 is 0 Å². The summed E-state index contributed by atoms with van der Waals surface area (Å²) in [4.78, 5) is 19.8. The fraction of sp³-hybridized carbons (Fsp3) is 0.667. The molecule has 1 fully saturated rings. The van der Waals surface area contributed by atoms with Gasteiger partial charge in [-0.15, -0.1) is 5.10 Å². The number of nitrogens with one attached hydrogen (secondary N) is 1. The Labute approximate surface area is 93.6 Å². The van der Waals surface area contributed by atoms with E-state index in [2.05, 4.69) is 27.0 Å². The van der Waals surface area contributed by atoms with E-state index in [1.165, 1.54) is 0 Å². The second-order valence-corrected chi connectivity index (χ2v) is 3.77. The second-order valence-electron chi connectivity index (χ2n) is 3.77. The fourth-order valence-corrected chi connectivity index (χ4v) is 1.79. The third-order valence-electron chi connectivity index (χ3n) is 2.81. The van der Waals surface area contributed by atoms with Crippen LogP contribution in [0.25, 0.3) is 0 Å². The van der Waals surface area contributed by atoms with Gasteiger partial charge < -0.3 is 15.5 Å². The number of piperazine rings is 1. The maximum Gasteiger partial charge on any atom is 0.291 e. The number of nitrogens with two attached hydrogens (primary N) is 1. The summed E-state index contributed by atoms with van der Waals surface area (Å²) >= 11 is 0. The molecular formula is C9H16N6O. The van der Waals surface area contributed by atoms with Gasteiger partial charge in [-0.25, -0.2) is 0 Å². The van der Waals surface area contributed by atoms with Crippen molar-refractivity contribution in [3.63, 3.8) is 0 Å². The zero-order chi connectivity index (χ0) is 11.5. The lowest BCUT2D eigenvalue weighted by molar-refractivity contribution is 0.0632. The van der Waals surface area contributed by atoms with Crippen molar-refractivity contribution >= 4 is 11.9 Å². The molecule has 1 saturated heterocycles. The summed E-state index contributed by atoms with van der Waals surface area (Å²) in [6.07, 6.45) is 0. The number of nitrogens with zero attached hydrogens (tertiary/aromatic N) is 4. The molecule has 0 spiro atoms. The molecule has 1 aliphatic heterocycles. The first-order chi connectivity index (χ1) is 7.70. The van der Waals surface area contributed by atoms with Crippen LogP contribution in [0.5, 0.6) is 0 Å². The molecule has 88 valence electrons. The van der Waals surface area contributed by atoms with E-state index in [0.717, 1.165) is 32.7 Å². The Morgan fingerprint density at radius 1 is 1.44 bits per heavy atom. The van der Waals surface area contributed by atoms with Gasteiger partial charge in [0.15, 0.2) is 0 Å². The summed E-state index contributed by atoms with van der Waals surface area (Å²) in [5, 5.41) is 6.18. The zero-order valence-electron chi connectivity index (χ0n) is 9.31. The van der Waals surface area contributed by atoms with Crippen LogP contribution >= 0.6 is 0 Å². The maximum atomic E-state index is 11.9. The molecule has 7 nitrogen and oxygen atoms in total. The van der Waals surface area contributed by atoms with Crippen molar-refractivity contribution in [3.05, 3.63) is 5.82 Å². The number of aromatic amines is 1. The van der Waals surface area contributed by atoms with Crippen molar-refractivity contribution in [2.24, 2.45) is 0 Å². The molecule has 2 rings (SSSR count). The van der Waals surface area contributed by atoms with Gasteiger partial charge in [-0.3, -0.25) is 9.89 Å². The molecular weight excluding hydrogens is 208 g/mol. The Morgan fingerprint density at radius 2 is 2.12 bits per heavy atom. The Bertz CT molecular complexity index is 368. The number of amides is 1. The molecule has 0 saturated carbocycles. The molecule has 0 atom stereocenters. The number of H-pyrrole nitrogens is 1. The van der Waals surface area contributed by atoms with Crippen molar-refractivity contribution in [3.8, 4) is 0 Å². The first kappa shape index (κ1) is 10.9. The lowest BCUT2D eigenvalue weighted by atomic mass is 10.3. The molecule has 0 unspecified atom stereocenters. The van der Waals surface area contributed by atoms with Crippen molar-refractivity contribution in [2.45, 2.75) is 6.92 Å². The van der Waals surface area contributed by atoms with Crippen LogP contribution in [0.1, 0.15) is 17.5 Å². The minimum Gasteiger partial charge on any atom is -0.366 e. The Balaban J connectivity index is 1.96. The summed E-state index contributed by atoms with van der Waals surface area (Å²) in [6.45, 7) is 6.42. The van der Waals surface area contributed by atoms with Gasteiger partial charge >= 0.3 is 0 Å². The van der Waals surface area contributed by atoms with E-state index in [4.69, 9.17) is 5.73 Å². The van der Waals surface area contributed by atoms with Crippen LogP contribution in [-0.4, -0.2) is 63.6 Å². The second kappa shape index (κ2) is 4.48. The van der Waals surface area contributed by atoms with Crippen LogP contribution in [0.4, 0.5) is 5.95 Å². The van der Waals surface area contributed by atoms with E-state index >= 15 is 0 Å². The molecule has 0 aromatic carbocycles. The quantitative estimate of drug-likeness (QED) is 0.684. The first-order valence-electron chi connectivity index (χ1n) is 5.40. The largest absolute Gasteiger partial charge is 0.366 e.